The maximum absolute atomic E-state index is 12.1. The fraction of sp³-hybridized carbons (Fsp3) is 0.588. The Balaban J connectivity index is 1.62. The molecule has 7 heteroatoms. The molecule has 0 spiro atoms. The zero-order chi connectivity index (χ0) is 17.2. The van der Waals surface area contributed by atoms with Crippen molar-refractivity contribution in [1.29, 1.82) is 0 Å². The number of aromatic nitrogens is 1. The average molecular weight is 334 g/mol. The van der Waals surface area contributed by atoms with Gasteiger partial charge in [0.15, 0.2) is 0 Å². The van der Waals surface area contributed by atoms with Crippen molar-refractivity contribution in [3.8, 4) is 0 Å². The topological polar surface area (TPSA) is 83.6 Å². The second kappa shape index (κ2) is 9.87. The summed E-state index contributed by atoms with van der Waals surface area (Å²) >= 11 is 0. The number of piperidine rings is 1. The Labute approximate surface area is 142 Å². The molecule has 1 saturated heterocycles. The van der Waals surface area contributed by atoms with Gasteiger partial charge in [-0.25, -0.2) is 4.79 Å². The standard InChI is InChI=1S/C17H26N4O3/c1-2-24-15-4-3-11-21(13-15)17(23)19-10-7-16(22)20-12-14-5-8-18-9-6-14/h5-6,8-9,15H,2-4,7,10-13H2,1H3,(H,19,23)(H,20,22). The summed E-state index contributed by atoms with van der Waals surface area (Å²) in [6.07, 6.45) is 5.71. The summed E-state index contributed by atoms with van der Waals surface area (Å²) in [5.74, 6) is -0.0852. The molecule has 0 saturated carbocycles. The van der Waals surface area contributed by atoms with E-state index in [0.717, 1.165) is 24.9 Å². The molecule has 132 valence electrons. The molecule has 1 aliphatic rings. The van der Waals surface area contributed by atoms with E-state index in [1.54, 1.807) is 17.3 Å². The fourth-order valence-corrected chi connectivity index (χ4v) is 2.68. The lowest BCUT2D eigenvalue weighted by atomic mass is 10.1. The monoisotopic (exact) mass is 334 g/mol. The van der Waals surface area contributed by atoms with E-state index in [1.165, 1.54) is 0 Å². The smallest absolute Gasteiger partial charge is 0.317 e. The van der Waals surface area contributed by atoms with Gasteiger partial charge < -0.3 is 20.3 Å². The predicted octanol–water partition coefficient (Wildman–Crippen LogP) is 1.30. The Morgan fingerprint density at radius 2 is 2.12 bits per heavy atom. The number of carbonyl (C=O) groups excluding carboxylic acids is 2. The molecule has 1 aliphatic heterocycles. The highest BCUT2D eigenvalue weighted by atomic mass is 16.5. The van der Waals surface area contributed by atoms with Crippen molar-refractivity contribution in [1.82, 2.24) is 20.5 Å². The quantitative estimate of drug-likeness (QED) is 0.787. The van der Waals surface area contributed by atoms with Gasteiger partial charge in [0.25, 0.3) is 0 Å². The number of urea groups is 1. The maximum atomic E-state index is 12.1. The van der Waals surface area contributed by atoms with Gasteiger partial charge >= 0.3 is 6.03 Å². The van der Waals surface area contributed by atoms with E-state index in [-0.39, 0.29) is 24.5 Å². The molecule has 0 aromatic carbocycles. The molecule has 1 aromatic heterocycles. The molecule has 0 aliphatic carbocycles. The first-order valence-electron chi connectivity index (χ1n) is 8.49. The van der Waals surface area contributed by atoms with Gasteiger partial charge in [0.2, 0.25) is 5.91 Å². The van der Waals surface area contributed by atoms with Gasteiger partial charge in [0.05, 0.1) is 6.10 Å². The number of nitrogens with one attached hydrogen (secondary N) is 2. The third-order valence-electron chi connectivity index (χ3n) is 3.94. The van der Waals surface area contributed by atoms with E-state index in [4.69, 9.17) is 4.74 Å². The van der Waals surface area contributed by atoms with E-state index in [1.807, 2.05) is 19.1 Å². The third kappa shape index (κ3) is 6.16. The molecule has 2 heterocycles. The number of likely N-dealkylation sites (tertiary alicyclic amines) is 1. The molecule has 0 radical (unpaired) electrons. The van der Waals surface area contributed by atoms with Crippen molar-refractivity contribution in [2.45, 2.75) is 38.8 Å². The Morgan fingerprint density at radius 3 is 2.88 bits per heavy atom. The van der Waals surface area contributed by atoms with Crippen LogP contribution in [0.1, 0.15) is 31.7 Å². The molecule has 1 atom stereocenters. The van der Waals surface area contributed by atoms with Crippen LogP contribution in [0.5, 0.6) is 0 Å². The molecule has 3 amide bonds. The molecule has 1 unspecified atom stereocenters. The van der Waals surface area contributed by atoms with E-state index < -0.39 is 0 Å². The van der Waals surface area contributed by atoms with E-state index in [0.29, 0.717) is 26.2 Å². The van der Waals surface area contributed by atoms with Gasteiger partial charge in [-0.05, 0) is 37.5 Å². The van der Waals surface area contributed by atoms with Crippen LogP contribution in [0.15, 0.2) is 24.5 Å². The Bertz CT molecular complexity index is 522. The van der Waals surface area contributed by atoms with Crippen molar-refractivity contribution in [2.24, 2.45) is 0 Å². The van der Waals surface area contributed by atoms with Crippen LogP contribution in [-0.4, -0.2) is 54.2 Å². The summed E-state index contributed by atoms with van der Waals surface area (Å²) in [7, 11) is 0. The van der Waals surface area contributed by atoms with Crippen molar-refractivity contribution in [3.63, 3.8) is 0 Å². The van der Waals surface area contributed by atoms with Crippen molar-refractivity contribution >= 4 is 11.9 Å². The number of hydrogen-bond donors (Lipinski definition) is 2. The highest BCUT2D eigenvalue weighted by molar-refractivity contribution is 5.78. The van der Waals surface area contributed by atoms with Gasteiger partial charge in [0, 0.05) is 51.6 Å². The SMILES string of the molecule is CCOC1CCCN(C(=O)NCCC(=O)NCc2ccncc2)C1. The van der Waals surface area contributed by atoms with E-state index in [2.05, 4.69) is 15.6 Å². The summed E-state index contributed by atoms with van der Waals surface area (Å²) in [6, 6.07) is 3.58. The van der Waals surface area contributed by atoms with Crippen LogP contribution in [0.2, 0.25) is 0 Å². The van der Waals surface area contributed by atoms with Crippen molar-refractivity contribution < 1.29 is 14.3 Å². The van der Waals surface area contributed by atoms with Gasteiger partial charge in [-0.1, -0.05) is 0 Å². The van der Waals surface area contributed by atoms with Crippen molar-refractivity contribution in [2.75, 3.05) is 26.2 Å². The number of rotatable bonds is 7. The minimum atomic E-state index is -0.124. The Morgan fingerprint density at radius 1 is 1.33 bits per heavy atom. The predicted molar refractivity (Wildman–Crippen MR) is 90.3 cm³/mol. The normalized spacial score (nSPS) is 17.4. The minimum absolute atomic E-state index is 0.0852. The van der Waals surface area contributed by atoms with Crippen LogP contribution in [-0.2, 0) is 16.1 Å². The summed E-state index contributed by atoms with van der Waals surface area (Å²) in [6.45, 7) is 4.78. The lowest BCUT2D eigenvalue weighted by molar-refractivity contribution is -0.121. The number of carbonyl (C=O) groups is 2. The average Bonchev–Trinajstić information content (AvgIpc) is 2.61. The number of amides is 3. The Kier molecular flexibility index (Phi) is 7.48. The first-order chi connectivity index (χ1) is 11.7. The second-order valence-corrected chi connectivity index (χ2v) is 5.78. The largest absolute Gasteiger partial charge is 0.377 e. The number of hydrogen-bond acceptors (Lipinski definition) is 4. The molecule has 2 rings (SSSR count). The number of ether oxygens (including phenoxy) is 1. The number of nitrogens with zero attached hydrogens (tertiary/aromatic N) is 2. The third-order valence-corrected chi connectivity index (χ3v) is 3.94. The second-order valence-electron chi connectivity index (χ2n) is 5.78. The zero-order valence-electron chi connectivity index (χ0n) is 14.2. The van der Waals surface area contributed by atoms with Crippen LogP contribution < -0.4 is 10.6 Å². The molecular formula is C17H26N4O3. The van der Waals surface area contributed by atoms with Gasteiger partial charge in [-0.3, -0.25) is 9.78 Å². The summed E-state index contributed by atoms with van der Waals surface area (Å²) in [4.78, 5) is 29.6. The van der Waals surface area contributed by atoms with E-state index >= 15 is 0 Å². The molecule has 1 fully saturated rings. The molecule has 7 nitrogen and oxygen atoms in total. The molecule has 0 bridgehead atoms. The summed E-state index contributed by atoms with van der Waals surface area (Å²) in [5.41, 5.74) is 0.998. The zero-order valence-corrected chi connectivity index (χ0v) is 14.2. The molecule has 24 heavy (non-hydrogen) atoms. The Hall–Kier alpha value is -2.15. The summed E-state index contributed by atoms with van der Waals surface area (Å²) < 4.78 is 5.59. The first-order valence-corrected chi connectivity index (χ1v) is 8.49. The van der Waals surface area contributed by atoms with Crippen LogP contribution in [0.4, 0.5) is 4.79 Å². The fourth-order valence-electron chi connectivity index (χ4n) is 2.68. The van der Waals surface area contributed by atoms with E-state index in [9.17, 15) is 9.59 Å². The van der Waals surface area contributed by atoms with Gasteiger partial charge in [-0.2, -0.15) is 0 Å². The van der Waals surface area contributed by atoms with Crippen molar-refractivity contribution in [3.05, 3.63) is 30.1 Å². The lowest BCUT2D eigenvalue weighted by Gasteiger charge is -2.32. The van der Waals surface area contributed by atoms with Gasteiger partial charge in [0.1, 0.15) is 0 Å². The molecule has 2 N–H and O–H groups in total. The number of pyridine rings is 1. The van der Waals surface area contributed by atoms with Crippen LogP contribution >= 0.6 is 0 Å². The van der Waals surface area contributed by atoms with Crippen LogP contribution in [0.3, 0.4) is 0 Å². The maximum Gasteiger partial charge on any atom is 0.317 e. The minimum Gasteiger partial charge on any atom is -0.377 e. The lowest BCUT2D eigenvalue weighted by Crippen LogP contribution is -2.48. The van der Waals surface area contributed by atoms with Crippen LogP contribution in [0.25, 0.3) is 0 Å². The molecule has 1 aromatic rings. The van der Waals surface area contributed by atoms with Gasteiger partial charge in [-0.15, -0.1) is 0 Å². The van der Waals surface area contributed by atoms with Crippen LogP contribution in [0, 0.1) is 0 Å². The first kappa shape index (κ1) is 18.2. The highest BCUT2D eigenvalue weighted by Gasteiger charge is 2.23. The summed E-state index contributed by atoms with van der Waals surface area (Å²) in [5, 5.41) is 5.63. The molecular weight excluding hydrogens is 308 g/mol. The highest BCUT2D eigenvalue weighted by Crippen LogP contribution is 2.13.